The van der Waals surface area contributed by atoms with Crippen molar-refractivity contribution in [2.24, 2.45) is 0 Å². The molecule has 3 nitrogen and oxygen atoms in total. The minimum atomic E-state index is 0.567. The van der Waals surface area contributed by atoms with Crippen LogP contribution in [0, 0.1) is 0 Å². The average Bonchev–Trinajstić information content (AvgIpc) is 3.94. The summed E-state index contributed by atoms with van der Waals surface area (Å²) >= 11 is 0. The van der Waals surface area contributed by atoms with Gasteiger partial charge >= 0.3 is 0 Å². The maximum Gasteiger partial charge on any atom is 0.135 e. The molecule has 12 aromatic rings. The Balaban J connectivity index is 1.01. The molecule has 3 heteroatoms. The standard InChI is InChI=1S/C64H48N2O/c1-3-17-43(18-4-1)52-30-15-19-44-20-16-31-57(64(44)52)54-28-8-10-32-59(54)65(50-25-13-21-45(39-50)47-36-38-63-58(41-47)56-29-9-12-34-62(56)67-63)51-26-14-22-46(40-51)48-35-37-55-53-27-7-11-33-60(53)66(61(55)42-48)49-23-5-2-6-24-49/h2,5-16,19-43H,1,3-4,17-18H2. The van der Waals surface area contributed by atoms with Gasteiger partial charge in [0.1, 0.15) is 11.2 Å². The molecule has 2 heterocycles. The zero-order valence-electron chi connectivity index (χ0n) is 37.3. The van der Waals surface area contributed by atoms with E-state index in [9.17, 15) is 0 Å². The van der Waals surface area contributed by atoms with Crippen molar-refractivity contribution in [3.8, 4) is 39.1 Å². The number of aromatic nitrogens is 1. The second kappa shape index (κ2) is 16.4. The molecular weight excluding hydrogens is 813 g/mol. The lowest BCUT2D eigenvalue weighted by atomic mass is 9.80. The third-order valence-corrected chi connectivity index (χ3v) is 14.4. The topological polar surface area (TPSA) is 21.3 Å². The van der Waals surface area contributed by atoms with Crippen molar-refractivity contribution < 1.29 is 4.42 Å². The van der Waals surface area contributed by atoms with Gasteiger partial charge in [-0.05, 0) is 136 Å². The molecule has 2 aromatic heterocycles. The zero-order chi connectivity index (χ0) is 44.3. The number of nitrogens with zero attached hydrogens (tertiary/aromatic N) is 2. The highest BCUT2D eigenvalue weighted by Gasteiger charge is 2.24. The van der Waals surface area contributed by atoms with Crippen molar-refractivity contribution in [1.29, 1.82) is 0 Å². The Hall–Kier alpha value is -8.14. The molecule has 0 amide bonds. The average molecular weight is 861 g/mol. The van der Waals surface area contributed by atoms with Crippen LogP contribution in [0.25, 0.3) is 93.6 Å². The normalized spacial score (nSPS) is 13.3. The molecular formula is C64H48N2O. The Morgan fingerprint density at radius 3 is 1.84 bits per heavy atom. The highest BCUT2D eigenvalue weighted by atomic mass is 16.3. The number of furan rings is 1. The molecule has 0 spiro atoms. The molecule has 1 saturated carbocycles. The van der Waals surface area contributed by atoms with Crippen LogP contribution in [0.2, 0.25) is 0 Å². The molecule has 320 valence electrons. The summed E-state index contributed by atoms with van der Waals surface area (Å²) in [7, 11) is 0. The lowest BCUT2D eigenvalue weighted by Crippen LogP contribution is -2.12. The molecule has 67 heavy (non-hydrogen) atoms. The van der Waals surface area contributed by atoms with Gasteiger partial charge in [-0.3, -0.25) is 0 Å². The van der Waals surface area contributed by atoms with Crippen LogP contribution in [-0.2, 0) is 0 Å². The second-order valence-corrected chi connectivity index (χ2v) is 18.3. The monoisotopic (exact) mass is 860 g/mol. The first-order valence-electron chi connectivity index (χ1n) is 23.9. The van der Waals surface area contributed by atoms with Crippen LogP contribution in [0.1, 0.15) is 43.6 Å². The van der Waals surface area contributed by atoms with Crippen LogP contribution in [0.3, 0.4) is 0 Å². The summed E-state index contributed by atoms with van der Waals surface area (Å²) in [6.07, 6.45) is 6.43. The first-order valence-corrected chi connectivity index (χ1v) is 23.9. The van der Waals surface area contributed by atoms with Crippen molar-refractivity contribution in [1.82, 2.24) is 4.57 Å². The lowest BCUT2D eigenvalue weighted by Gasteiger charge is -2.30. The number of fused-ring (bicyclic) bond motifs is 7. The van der Waals surface area contributed by atoms with Crippen LogP contribution in [-0.4, -0.2) is 4.57 Å². The van der Waals surface area contributed by atoms with Crippen molar-refractivity contribution in [2.45, 2.75) is 38.0 Å². The molecule has 0 atom stereocenters. The largest absolute Gasteiger partial charge is 0.456 e. The third kappa shape index (κ3) is 6.81. The zero-order valence-corrected chi connectivity index (χ0v) is 37.3. The summed E-state index contributed by atoms with van der Waals surface area (Å²) in [5.41, 5.74) is 17.3. The van der Waals surface area contributed by atoms with Gasteiger partial charge in [-0.15, -0.1) is 0 Å². The van der Waals surface area contributed by atoms with Crippen molar-refractivity contribution in [2.75, 3.05) is 4.90 Å². The van der Waals surface area contributed by atoms with E-state index in [1.165, 1.54) is 86.9 Å². The minimum Gasteiger partial charge on any atom is -0.456 e. The number of rotatable bonds is 8. The Bertz CT molecular complexity index is 3810. The highest BCUT2D eigenvalue weighted by molar-refractivity contribution is 6.11. The Kier molecular flexibility index (Phi) is 9.60. The fourth-order valence-electron chi connectivity index (χ4n) is 11.2. The number of hydrogen-bond donors (Lipinski definition) is 0. The maximum absolute atomic E-state index is 6.26. The SMILES string of the molecule is c1ccc(-n2c3ccccc3c3ccc(-c4cccc(N(c5cccc(-c6ccc7oc8ccccc8c7c6)c5)c5ccccc5-c5cccc6cccc(C7CCCCC7)c56)c4)cc32)cc1. The van der Waals surface area contributed by atoms with Gasteiger partial charge in [-0.1, -0.05) is 171 Å². The van der Waals surface area contributed by atoms with Gasteiger partial charge in [0.25, 0.3) is 0 Å². The van der Waals surface area contributed by atoms with E-state index in [2.05, 4.69) is 222 Å². The summed E-state index contributed by atoms with van der Waals surface area (Å²) in [5.74, 6) is 0.567. The van der Waals surface area contributed by atoms with Crippen LogP contribution in [0.15, 0.2) is 229 Å². The fraction of sp³-hybridized carbons (Fsp3) is 0.0938. The first-order chi connectivity index (χ1) is 33.2. The van der Waals surface area contributed by atoms with E-state index < -0.39 is 0 Å². The summed E-state index contributed by atoms with van der Waals surface area (Å²) in [6, 6.07) is 82.5. The van der Waals surface area contributed by atoms with Crippen molar-refractivity contribution in [3.63, 3.8) is 0 Å². The van der Waals surface area contributed by atoms with Crippen LogP contribution < -0.4 is 4.90 Å². The van der Waals surface area contributed by atoms with Gasteiger partial charge in [0.2, 0.25) is 0 Å². The van der Waals surface area contributed by atoms with Crippen molar-refractivity contribution >= 4 is 71.6 Å². The van der Waals surface area contributed by atoms with E-state index in [-0.39, 0.29) is 0 Å². The molecule has 1 fully saturated rings. The smallest absolute Gasteiger partial charge is 0.135 e. The molecule has 1 aliphatic rings. The number of benzene rings is 10. The maximum atomic E-state index is 6.26. The molecule has 1 aliphatic carbocycles. The fourth-order valence-corrected chi connectivity index (χ4v) is 11.2. The van der Waals surface area contributed by atoms with Gasteiger partial charge in [0.05, 0.1) is 16.7 Å². The van der Waals surface area contributed by atoms with Crippen LogP contribution in [0.4, 0.5) is 17.1 Å². The first kappa shape index (κ1) is 39.2. The molecule has 0 saturated heterocycles. The number of hydrogen-bond acceptors (Lipinski definition) is 2. The highest BCUT2D eigenvalue weighted by Crippen LogP contribution is 2.47. The predicted octanol–water partition coefficient (Wildman–Crippen LogP) is 18.4. The Morgan fingerprint density at radius 1 is 0.403 bits per heavy atom. The minimum absolute atomic E-state index is 0.567. The Morgan fingerprint density at radius 2 is 1.01 bits per heavy atom. The van der Waals surface area contributed by atoms with E-state index >= 15 is 0 Å². The summed E-state index contributed by atoms with van der Waals surface area (Å²) in [5, 5.41) is 7.45. The molecule has 13 rings (SSSR count). The van der Waals surface area contributed by atoms with Gasteiger partial charge in [0, 0.05) is 44.2 Å². The number of anilines is 3. The summed E-state index contributed by atoms with van der Waals surface area (Å²) in [6.45, 7) is 0. The van der Waals surface area contributed by atoms with E-state index in [0.29, 0.717) is 5.92 Å². The van der Waals surface area contributed by atoms with E-state index in [1.54, 1.807) is 0 Å². The van der Waals surface area contributed by atoms with Gasteiger partial charge in [-0.25, -0.2) is 0 Å². The van der Waals surface area contributed by atoms with Gasteiger partial charge in [-0.2, -0.15) is 0 Å². The molecule has 0 unspecified atom stereocenters. The quantitative estimate of drug-likeness (QED) is 0.152. The molecule has 0 bridgehead atoms. The molecule has 10 aromatic carbocycles. The van der Waals surface area contributed by atoms with Gasteiger partial charge in [0.15, 0.2) is 0 Å². The van der Waals surface area contributed by atoms with Crippen LogP contribution in [0.5, 0.6) is 0 Å². The Labute approximate surface area is 390 Å². The van der Waals surface area contributed by atoms with E-state index in [1.807, 2.05) is 12.1 Å². The molecule has 0 N–H and O–H groups in total. The van der Waals surface area contributed by atoms with Crippen LogP contribution >= 0.6 is 0 Å². The molecule has 0 radical (unpaired) electrons. The second-order valence-electron chi connectivity index (χ2n) is 18.3. The van der Waals surface area contributed by atoms with E-state index in [0.717, 1.165) is 61.4 Å². The summed E-state index contributed by atoms with van der Waals surface area (Å²) < 4.78 is 8.66. The third-order valence-electron chi connectivity index (χ3n) is 14.4. The lowest BCUT2D eigenvalue weighted by molar-refractivity contribution is 0.445. The van der Waals surface area contributed by atoms with Crippen molar-refractivity contribution in [3.05, 3.63) is 230 Å². The van der Waals surface area contributed by atoms with E-state index in [4.69, 9.17) is 4.42 Å². The molecule has 0 aliphatic heterocycles. The predicted molar refractivity (Wildman–Crippen MR) is 282 cm³/mol. The number of para-hydroxylation sites is 4. The van der Waals surface area contributed by atoms with Gasteiger partial charge < -0.3 is 13.9 Å². The summed E-state index contributed by atoms with van der Waals surface area (Å²) in [4.78, 5) is 2.48.